The Bertz CT molecular complexity index is 830. The normalized spacial score (nSPS) is 12.7. The number of nitrogens with one attached hydrogen (secondary N) is 1. The molecule has 3 heterocycles. The zero-order valence-electron chi connectivity index (χ0n) is 14.3. The van der Waals surface area contributed by atoms with Crippen LogP contribution in [0.2, 0.25) is 0 Å². The Labute approximate surface area is 135 Å². The number of rotatable bonds is 5. The van der Waals surface area contributed by atoms with Gasteiger partial charge in [0, 0.05) is 23.9 Å². The van der Waals surface area contributed by atoms with E-state index in [4.69, 9.17) is 4.98 Å². The Morgan fingerprint density at radius 2 is 2.04 bits per heavy atom. The minimum atomic E-state index is 0.0255. The van der Waals surface area contributed by atoms with Crippen LogP contribution in [0.1, 0.15) is 49.6 Å². The molecule has 7 heteroatoms. The van der Waals surface area contributed by atoms with Gasteiger partial charge in [0.1, 0.15) is 18.0 Å². The summed E-state index contributed by atoms with van der Waals surface area (Å²) in [6.07, 6.45) is 2.48. The molecular formula is C16H23N7. The molecule has 0 aliphatic carbocycles. The molecule has 0 aromatic carbocycles. The lowest BCUT2D eigenvalue weighted by atomic mass is 10.2. The highest BCUT2D eigenvalue weighted by Crippen LogP contribution is 2.22. The Hall–Kier alpha value is -2.44. The summed E-state index contributed by atoms with van der Waals surface area (Å²) >= 11 is 0. The predicted octanol–water partition coefficient (Wildman–Crippen LogP) is 2.69. The maximum Gasteiger partial charge on any atom is 0.160 e. The predicted molar refractivity (Wildman–Crippen MR) is 89.6 cm³/mol. The summed E-state index contributed by atoms with van der Waals surface area (Å²) in [6, 6.07) is 2.08. The average Bonchev–Trinajstić information content (AvgIpc) is 3.13. The lowest BCUT2D eigenvalue weighted by molar-refractivity contribution is 0.591. The summed E-state index contributed by atoms with van der Waals surface area (Å²) in [5.41, 5.74) is 4.08. The molecular weight excluding hydrogens is 290 g/mol. The molecule has 0 amide bonds. The molecule has 0 aliphatic heterocycles. The fourth-order valence-electron chi connectivity index (χ4n) is 2.70. The molecule has 7 nitrogen and oxygen atoms in total. The fraction of sp³-hybridized carbons (Fsp3) is 0.500. The molecule has 1 atom stereocenters. The number of aromatic nitrogens is 6. The van der Waals surface area contributed by atoms with Gasteiger partial charge < -0.3 is 5.32 Å². The molecule has 122 valence electrons. The van der Waals surface area contributed by atoms with Crippen molar-refractivity contribution in [1.29, 1.82) is 0 Å². The highest BCUT2D eigenvalue weighted by atomic mass is 15.4. The largest absolute Gasteiger partial charge is 0.360 e. The Morgan fingerprint density at radius 1 is 1.26 bits per heavy atom. The van der Waals surface area contributed by atoms with E-state index in [2.05, 4.69) is 54.3 Å². The van der Waals surface area contributed by atoms with E-state index in [0.29, 0.717) is 0 Å². The van der Waals surface area contributed by atoms with Crippen molar-refractivity contribution in [2.75, 3.05) is 5.32 Å². The van der Waals surface area contributed by atoms with Gasteiger partial charge in [-0.15, -0.1) is 0 Å². The quantitative estimate of drug-likeness (QED) is 0.784. The molecule has 0 fully saturated rings. The van der Waals surface area contributed by atoms with Gasteiger partial charge in [0.25, 0.3) is 0 Å². The highest BCUT2D eigenvalue weighted by Gasteiger charge is 2.16. The first-order valence-electron chi connectivity index (χ1n) is 8.05. The van der Waals surface area contributed by atoms with Crippen molar-refractivity contribution in [2.24, 2.45) is 0 Å². The molecule has 0 spiro atoms. The topological polar surface area (TPSA) is 72.9 Å². The lowest BCUT2D eigenvalue weighted by Gasteiger charge is -2.16. The third-order valence-electron chi connectivity index (χ3n) is 4.17. The maximum atomic E-state index is 4.71. The molecule has 3 aromatic heterocycles. The van der Waals surface area contributed by atoms with Crippen molar-refractivity contribution in [1.82, 2.24) is 29.4 Å². The highest BCUT2D eigenvalue weighted by molar-refractivity contribution is 5.56. The summed E-state index contributed by atoms with van der Waals surface area (Å²) in [7, 11) is 0. The van der Waals surface area contributed by atoms with Gasteiger partial charge in [-0.2, -0.15) is 14.7 Å². The van der Waals surface area contributed by atoms with E-state index in [-0.39, 0.29) is 6.04 Å². The van der Waals surface area contributed by atoms with E-state index < -0.39 is 0 Å². The van der Waals surface area contributed by atoms with E-state index in [0.717, 1.165) is 47.2 Å². The van der Waals surface area contributed by atoms with Gasteiger partial charge in [0.15, 0.2) is 5.65 Å². The lowest BCUT2D eigenvalue weighted by Crippen LogP contribution is -2.16. The van der Waals surface area contributed by atoms with Crippen LogP contribution in [0.25, 0.3) is 5.65 Å². The zero-order chi connectivity index (χ0) is 16.6. The Morgan fingerprint density at radius 3 is 2.74 bits per heavy atom. The van der Waals surface area contributed by atoms with Gasteiger partial charge in [-0.05, 0) is 34.1 Å². The second kappa shape index (κ2) is 5.98. The molecule has 3 aromatic rings. The van der Waals surface area contributed by atoms with Crippen LogP contribution in [0.4, 0.5) is 5.82 Å². The number of hydrogen-bond donors (Lipinski definition) is 1. The van der Waals surface area contributed by atoms with Crippen molar-refractivity contribution in [3.8, 4) is 0 Å². The molecule has 0 aliphatic rings. The molecule has 3 rings (SSSR count). The molecule has 0 unspecified atom stereocenters. The Kier molecular flexibility index (Phi) is 4.02. The van der Waals surface area contributed by atoms with Crippen LogP contribution in [0.15, 0.2) is 12.4 Å². The summed E-state index contributed by atoms with van der Waals surface area (Å²) < 4.78 is 3.78. The van der Waals surface area contributed by atoms with Gasteiger partial charge in [-0.1, -0.05) is 6.92 Å². The second-order valence-corrected chi connectivity index (χ2v) is 5.73. The molecule has 0 radical (unpaired) electrons. The van der Waals surface area contributed by atoms with E-state index in [1.807, 2.05) is 16.1 Å². The SMILES string of the molecule is CCc1cc(N[C@H](C)c2ncnn2CC)n2nc(C)c(C)c2n1. The third kappa shape index (κ3) is 2.67. The standard InChI is InChI=1S/C16H23N7/c1-6-13-8-14(23-15(20-13)10(3)11(4)21-23)19-12(5)16-17-9-18-22(16)7-2/h8-9,12,19H,6-7H2,1-5H3/t12-/m1/s1. The summed E-state index contributed by atoms with van der Waals surface area (Å²) in [5.74, 6) is 1.84. The second-order valence-electron chi connectivity index (χ2n) is 5.73. The summed E-state index contributed by atoms with van der Waals surface area (Å²) in [6.45, 7) is 11.1. The van der Waals surface area contributed by atoms with Crippen LogP contribution in [-0.4, -0.2) is 29.4 Å². The monoisotopic (exact) mass is 313 g/mol. The first-order chi connectivity index (χ1) is 11.0. The third-order valence-corrected chi connectivity index (χ3v) is 4.17. The number of hydrogen-bond acceptors (Lipinski definition) is 5. The summed E-state index contributed by atoms with van der Waals surface area (Å²) in [5, 5.41) is 12.4. The Balaban J connectivity index is 2.03. The van der Waals surface area contributed by atoms with E-state index in [1.165, 1.54) is 0 Å². The van der Waals surface area contributed by atoms with Gasteiger partial charge in [0.05, 0.1) is 11.7 Å². The van der Waals surface area contributed by atoms with Crippen LogP contribution in [0.3, 0.4) is 0 Å². The first-order valence-corrected chi connectivity index (χ1v) is 8.05. The molecule has 23 heavy (non-hydrogen) atoms. The van der Waals surface area contributed by atoms with Crippen LogP contribution >= 0.6 is 0 Å². The molecule has 0 saturated heterocycles. The average molecular weight is 313 g/mol. The molecule has 0 saturated carbocycles. The minimum Gasteiger partial charge on any atom is -0.360 e. The number of nitrogens with zero attached hydrogens (tertiary/aromatic N) is 6. The van der Waals surface area contributed by atoms with Crippen LogP contribution < -0.4 is 5.32 Å². The van der Waals surface area contributed by atoms with Crippen molar-refractivity contribution < 1.29 is 0 Å². The van der Waals surface area contributed by atoms with Crippen molar-refractivity contribution >= 4 is 11.5 Å². The van der Waals surface area contributed by atoms with Gasteiger partial charge >= 0.3 is 0 Å². The van der Waals surface area contributed by atoms with Gasteiger partial charge in [-0.25, -0.2) is 14.6 Å². The summed E-state index contributed by atoms with van der Waals surface area (Å²) in [4.78, 5) is 9.08. The van der Waals surface area contributed by atoms with E-state index in [9.17, 15) is 0 Å². The van der Waals surface area contributed by atoms with Crippen molar-refractivity contribution in [2.45, 2.75) is 53.6 Å². The smallest absolute Gasteiger partial charge is 0.160 e. The van der Waals surface area contributed by atoms with Crippen LogP contribution in [0.5, 0.6) is 0 Å². The molecule has 0 bridgehead atoms. The number of aryl methyl sites for hydroxylation is 4. The number of anilines is 1. The van der Waals surface area contributed by atoms with Crippen molar-refractivity contribution in [3.05, 3.63) is 35.2 Å². The fourth-order valence-corrected chi connectivity index (χ4v) is 2.70. The minimum absolute atomic E-state index is 0.0255. The number of fused-ring (bicyclic) bond motifs is 1. The van der Waals surface area contributed by atoms with E-state index in [1.54, 1.807) is 6.33 Å². The van der Waals surface area contributed by atoms with Crippen LogP contribution in [0, 0.1) is 13.8 Å². The first kappa shape index (κ1) is 15.5. The van der Waals surface area contributed by atoms with Gasteiger partial charge in [-0.3, -0.25) is 0 Å². The van der Waals surface area contributed by atoms with Crippen LogP contribution in [-0.2, 0) is 13.0 Å². The van der Waals surface area contributed by atoms with E-state index >= 15 is 0 Å². The maximum absolute atomic E-state index is 4.71. The molecule has 1 N–H and O–H groups in total. The zero-order valence-corrected chi connectivity index (χ0v) is 14.3. The van der Waals surface area contributed by atoms with Crippen molar-refractivity contribution in [3.63, 3.8) is 0 Å². The van der Waals surface area contributed by atoms with Gasteiger partial charge in [0.2, 0.25) is 0 Å².